The molecule has 0 aromatic rings. The zero-order chi connectivity index (χ0) is 11.3. The zero-order valence-corrected chi connectivity index (χ0v) is 8.94. The van der Waals surface area contributed by atoms with Gasteiger partial charge in [-0.2, -0.15) is 0 Å². The van der Waals surface area contributed by atoms with Crippen molar-refractivity contribution in [3.8, 4) is 0 Å². The van der Waals surface area contributed by atoms with E-state index in [4.69, 9.17) is 10.5 Å². The lowest BCUT2D eigenvalue weighted by Gasteiger charge is -2.27. The first-order chi connectivity index (χ1) is 7.09. The fourth-order valence-corrected chi connectivity index (χ4v) is 1.80. The minimum absolute atomic E-state index is 0.0104. The fourth-order valence-electron chi connectivity index (χ4n) is 1.80. The summed E-state index contributed by atoms with van der Waals surface area (Å²) in [7, 11) is 0. The molecular weight excluding hydrogens is 194 g/mol. The Morgan fingerprint density at radius 3 is 2.53 bits per heavy atom. The van der Waals surface area contributed by atoms with Crippen molar-refractivity contribution in [1.82, 2.24) is 0 Å². The number of nitrogens with two attached hydrogens (primary N) is 1. The van der Waals surface area contributed by atoms with E-state index in [0.717, 1.165) is 31.4 Å². The van der Waals surface area contributed by atoms with Crippen LogP contribution in [0.15, 0.2) is 12.2 Å². The monoisotopic (exact) mass is 211 g/mol. The van der Waals surface area contributed by atoms with Gasteiger partial charge in [0.15, 0.2) is 0 Å². The highest BCUT2D eigenvalue weighted by molar-refractivity contribution is 5.93. The molecule has 15 heavy (non-hydrogen) atoms. The van der Waals surface area contributed by atoms with Gasteiger partial charge in [0.05, 0.1) is 0 Å². The number of amides is 1. The molecule has 1 fully saturated rings. The van der Waals surface area contributed by atoms with Crippen LogP contribution >= 0.6 is 0 Å². The normalized spacial score (nSPS) is 26.5. The molecule has 0 saturated heterocycles. The van der Waals surface area contributed by atoms with Crippen molar-refractivity contribution in [1.29, 1.82) is 0 Å². The van der Waals surface area contributed by atoms with Gasteiger partial charge in [-0.15, -0.1) is 0 Å². The van der Waals surface area contributed by atoms with Crippen molar-refractivity contribution in [3.05, 3.63) is 12.2 Å². The van der Waals surface area contributed by atoms with Crippen molar-refractivity contribution in [3.63, 3.8) is 0 Å². The number of hydrogen-bond acceptors (Lipinski definition) is 3. The van der Waals surface area contributed by atoms with Gasteiger partial charge in [0.1, 0.15) is 6.10 Å². The van der Waals surface area contributed by atoms with Gasteiger partial charge < -0.3 is 10.5 Å². The lowest BCUT2D eigenvalue weighted by molar-refractivity contribution is -0.147. The lowest BCUT2D eigenvalue weighted by atomic mass is 9.88. The van der Waals surface area contributed by atoms with Crippen LogP contribution in [0.3, 0.4) is 0 Å². The summed E-state index contributed by atoms with van der Waals surface area (Å²) < 4.78 is 5.22. The van der Waals surface area contributed by atoms with Crippen LogP contribution in [0.5, 0.6) is 0 Å². The van der Waals surface area contributed by atoms with Gasteiger partial charge >= 0.3 is 5.97 Å². The van der Waals surface area contributed by atoms with Crippen LogP contribution in [0.25, 0.3) is 0 Å². The third-order valence-electron chi connectivity index (χ3n) is 2.68. The minimum atomic E-state index is -0.636. The van der Waals surface area contributed by atoms with Crippen molar-refractivity contribution in [2.24, 2.45) is 11.7 Å². The number of ether oxygens (including phenoxy) is 1. The topological polar surface area (TPSA) is 69.4 Å². The van der Waals surface area contributed by atoms with E-state index in [2.05, 4.69) is 6.92 Å². The van der Waals surface area contributed by atoms with Crippen LogP contribution in [0.1, 0.15) is 32.6 Å². The fraction of sp³-hybridized carbons (Fsp3) is 0.636. The summed E-state index contributed by atoms with van der Waals surface area (Å²) in [5.74, 6) is -0.708. The number of rotatable bonds is 3. The molecule has 0 aliphatic heterocycles. The molecule has 0 aromatic carbocycles. The molecule has 1 saturated carbocycles. The molecule has 4 heteroatoms. The summed E-state index contributed by atoms with van der Waals surface area (Å²) in [4.78, 5) is 21.6. The van der Waals surface area contributed by atoms with Crippen LogP contribution in [0.4, 0.5) is 0 Å². The standard InChI is InChI=1S/C11H17NO3/c1-8-4-2-3-5-9(8)15-11(14)7-6-10(12)13/h6-9H,2-5H2,1H3,(H2,12,13)/b7-6-. The Labute approximate surface area is 89.5 Å². The van der Waals surface area contributed by atoms with Crippen molar-refractivity contribution in [2.45, 2.75) is 38.7 Å². The molecule has 84 valence electrons. The average molecular weight is 211 g/mol. The SMILES string of the molecule is CC1CCCCC1OC(=O)/C=C\C(N)=O. The molecule has 0 aromatic heterocycles. The highest BCUT2D eigenvalue weighted by Gasteiger charge is 2.23. The van der Waals surface area contributed by atoms with E-state index in [-0.39, 0.29) is 6.10 Å². The van der Waals surface area contributed by atoms with E-state index in [0.29, 0.717) is 5.92 Å². The number of carbonyl (C=O) groups is 2. The Bertz CT molecular complexity index is 273. The first-order valence-corrected chi connectivity index (χ1v) is 5.27. The van der Waals surface area contributed by atoms with Gasteiger partial charge in [0.25, 0.3) is 0 Å². The van der Waals surface area contributed by atoms with Crippen LogP contribution < -0.4 is 5.73 Å². The predicted octanol–water partition coefficient (Wildman–Crippen LogP) is 1.15. The Balaban J connectivity index is 2.39. The predicted molar refractivity (Wildman–Crippen MR) is 55.8 cm³/mol. The second kappa shape index (κ2) is 5.53. The number of carbonyl (C=O) groups excluding carboxylic acids is 2. The van der Waals surface area contributed by atoms with Gasteiger partial charge in [-0.05, 0) is 25.2 Å². The molecule has 1 amide bonds. The quantitative estimate of drug-likeness (QED) is 0.562. The van der Waals surface area contributed by atoms with Crippen LogP contribution in [-0.2, 0) is 14.3 Å². The van der Waals surface area contributed by atoms with Crippen LogP contribution in [0.2, 0.25) is 0 Å². The van der Waals surface area contributed by atoms with Crippen molar-refractivity contribution >= 4 is 11.9 Å². The summed E-state index contributed by atoms with van der Waals surface area (Å²) in [5, 5.41) is 0. The molecule has 2 unspecified atom stereocenters. The summed E-state index contributed by atoms with van der Waals surface area (Å²) in [5.41, 5.74) is 4.87. The third kappa shape index (κ3) is 4.14. The molecule has 1 aliphatic rings. The second-order valence-electron chi connectivity index (χ2n) is 3.97. The van der Waals surface area contributed by atoms with E-state index in [9.17, 15) is 9.59 Å². The summed E-state index contributed by atoms with van der Waals surface area (Å²) in [6.45, 7) is 2.08. The lowest BCUT2D eigenvalue weighted by Crippen LogP contribution is -2.27. The number of esters is 1. The molecule has 0 heterocycles. The third-order valence-corrected chi connectivity index (χ3v) is 2.68. The van der Waals surface area contributed by atoms with Gasteiger partial charge in [-0.1, -0.05) is 13.3 Å². The van der Waals surface area contributed by atoms with E-state index in [1.165, 1.54) is 6.42 Å². The average Bonchev–Trinajstić information content (AvgIpc) is 2.18. The van der Waals surface area contributed by atoms with E-state index in [1.807, 2.05) is 0 Å². The second-order valence-corrected chi connectivity index (χ2v) is 3.97. The number of primary amides is 1. The Kier molecular flexibility index (Phi) is 4.34. The number of hydrogen-bond donors (Lipinski definition) is 1. The molecule has 2 N–H and O–H groups in total. The van der Waals surface area contributed by atoms with E-state index in [1.54, 1.807) is 0 Å². The molecule has 0 radical (unpaired) electrons. The van der Waals surface area contributed by atoms with Crippen molar-refractivity contribution < 1.29 is 14.3 Å². The highest BCUT2D eigenvalue weighted by atomic mass is 16.5. The largest absolute Gasteiger partial charge is 0.459 e. The Hall–Kier alpha value is -1.32. The van der Waals surface area contributed by atoms with E-state index >= 15 is 0 Å². The summed E-state index contributed by atoms with van der Waals surface area (Å²) >= 11 is 0. The molecule has 2 atom stereocenters. The molecule has 4 nitrogen and oxygen atoms in total. The van der Waals surface area contributed by atoms with Gasteiger partial charge in [-0.3, -0.25) is 4.79 Å². The minimum Gasteiger partial charge on any atom is -0.459 e. The molecule has 1 aliphatic carbocycles. The summed E-state index contributed by atoms with van der Waals surface area (Å²) in [6.07, 6.45) is 6.41. The Morgan fingerprint density at radius 1 is 1.27 bits per heavy atom. The van der Waals surface area contributed by atoms with Gasteiger partial charge in [-0.25, -0.2) is 4.79 Å². The highest BCUT2D eigenvalue weighted by Crippen LogP contribution is 2.26. The van der Waals surface area contributed by atoms with Gasteiger partial charge in [0, 0.05) is 12.2 Å². The van der Waals surface area contributed by atoms with Crippen molar-refractivity contribution in [2.75, 3.05) is 0 Å². The first kappa shape index (κ1) is 11.8. The Morgan fingerprint density at radius 2 is 1.93 bits per heavy atom. The zero-order valence-electron chi connectivity index (χ0n) is 8.94. The molecule has 0 spiro atoms. The molecule has 1 rings (SSSR count). The molecular formula is C11H17NO3. The smallest absolute Gasteiger partial charge is 0.331 e. The maximum Gasteiger partial charge on any atom is 0.331 e. The maximum atomic E-state index is 11.2. The van der Waals surface area contributed by atoms with Crippen LogP contribution in [0, 0.1) is 5.92 Å². The molecule has 0 bridgehead atoms. The maximum absolute atomic E-state index is 11.2. The van der Waals surface area contributed by atoms with Crippen LogP contribution in [-0.4, -0.2) is 18.0 Å². The summed E-state index contributed by atoms with van der Waals surface area (Å²) in [6, 6.07) is 0. The van der Waals surface area contributed by atoms with E-state index < -0.39 is 11.9 Å². The van der Waals surface area contributed by atoms with Gasteiger partial charge in [0.2, 0.25) is 5.91 Å². The first-order valence-electron chi connectivity index (χ1n) is 5.27.